The molecule has 0 radical (unpaired) electrons. The van der Waals surface area contributed by atoms with Gasteiger partial charge in [-0.3, -0.25) is 5.32 Å². The smallest absolute Gasteiger partial charge is 0.412 e. The summed E-state index contributed by atoms with van der Waals surface area (Å²) in [5, 5.41) is 24.1. The number of rotatable bonds is 6. The Morgan fingerprint density at radius 2 is 1.81 bits per heavy atom. The van der Waals surface area contributed by atoms with Crippen LogP contribution in [0, 0.1) is 8.99 Å². The van der Waals surface area contributed by atoms with Gasteiger partial charge < -0.3 is 14.9 Å². The minimum Gasteiger partial charge on any atom is -0.508 e. The number of anilines is 1. The molecule has 0 aliphatic heterocycles. The zero-order valence-corrected chi connectivity index (χ0v) is 19.2. The molecule has 3 N–H and O–H groups in total. The predicted molar refractivity (Wildman–Crippen MR) is 128 cm³/mol. The quantitative estimate of drug-likeness (QED) is 0.264. The summed E-state index contributed by atoms with van der Waals surface area (Å²) in [5.41, 5.74) is 0.0590. The first-order valence-corrected chi connectivity index (χ1v) is 10.6. The highest BCUT2D eigenvalue weighted by Crippen LogP contribution is 2.42. The molecule has 3 aromatic carbocycles. The number of benzene rings is 3. The molecular formula is C24H22INO5. The van der Waals surface area contributed by atoms with Crippen LogP contribution in [0.3, 0.4) is 0 Å². The van der Waals surface area contributed by atoms with Crippen molar-refractivity contribution in [3.8, 4) is 5.75 Å². The number of hydrogen-bond acceptors (Lipinski definition) is 4. The van der Waals surface area contributed by atoms with E-state index < -0.39 is 23.6 Å². The molecule has 0 aliphatic carbocycles. The van der Waals surface area contributed by atoms with Crippen LogP contribution in [-0.4, -0.2) is 22.3 Å². The Bertz CT molecular complexity index is 1150. The molecule has 1 atom stereocenters. The zero-order valence-electron chi connectivity index (χ0n) is 17.0. The van der Waals surface area contributed by atoms with E-state index in [9.17, 15) is 14.7 Å². The van der Waals surface area contributed by atoms with Crippen molar-refractivity contribution in [1.82, 2.24) is 0 Å². The Balaban J connectivity index is 1.95. The average molecular weight is 531 g/mol. The maximum absolute atomic E-state index is 12.9. The van der Waals surface area contributed by atoms with Crippen molar-refractivity contribution in [1.29, 1.82) is 0 Å². The third-order valence-corrected chi connectivity index (χ3v) is 5.53. The summed E-state index contributed by atoms with van der Waals surface area (Å²) in [4.78, 5) is 23.9. The van der Waals surface area contributed by atoms with Crippen LogP contribution in [0.25, 0.3) is 10.8 Å². The Morgan fingerprint density at radius 1 is 1.10 bits per heavy atom. The SMILES string of the molecule is CC(C)(/C=C/C(=O)O)[C@@H](OC(=O)Nc1cccc2ccccc12)c1cc(I)ccc1O. The number of carbonyl (C=O) groups excluding carboxylic acids is 1. The van der Waals surface area contributed by atoms with Crippen molar-refractivity contribution in [2.45, 2.75) is 20.0 Å². The molecule has 160 valence electrons. The lowest BCUT2D eigenvalue weighted by Gasteiger charge is -2.32. The van der Waals surface area contributed by atoms with Crippen LogP contribution in [0.5, 0.6) is 5.75 Å². The molecule has 7 heteroatoms. The molecule has 0 unspecified atom stereocenters. The van der Waals surface area contributed by atoms with E-state index >= 15 is 0 Å². The van der Waals surface area contributed by atoms with Gasteiger partial charge in [-0.15, -0.1) is 0 Å². The van der Waals surface area contributed by atoms with Crippen molar-refractivity contribution in [3.63, 3.8) is 0 Å². The Kier molecular flexibility index (Phi) is 6.84. The molecule has 0 spiro atoms. The first kappa shape index (κ1) is 22.6. The summed E-state index contributed by atoms with van der Waals surface area (Å²) in [7, 11) is 0. The van der Waals surface area contributed by atoms with Crippen molar-refractivity contribution >= 4 is 51.1 Å². The van der Waals surface area contributed by atoms with Gasteiger partial charge in [0.2, 0.25) is 0 Å². The molecule has 0 heterocycles. The third-order valence-electron chi connectivity index (χ3n) is 4.85. The minimum atomic E-state index is -1.11. The highest BCUT2D eigenvalue weighted by molar-refractivity contribution is 14.1. The Morgan fingerprint density at radius 3 is 2.55 bits per heavy atom. The van der Waals surface area contributed by atoms with E-state index in [4.69, 9.17) is 9.84 Å². The Hall–Kier alpha value is -3.07. The molecule has 3 rings (SSSR count). The number of phenols is 1. The molecule has 0 aromatic heterocycles. The lowest BCUT2D eigenvalue weighted by molar-refractivity contribution is -0.131. The third kappa shape index (κ3) is 5.55. The summed E-state index contributed by atoms with van der Waals surface area (Å²) in [6.07, 6.45) is 0.804. The van der Waals surface area contributed by atoms with E-state index in [-0.39, 0.29) is 5.75 Å². The van der Waals surface area contributed by atoms with Crippen molar-refractivity contribution in [2.24, 2.45) is 5.41 Å². The largest absolute Gasteiger partial charge is 0.508 e. The van der Waals surface area contributed by atoms with Gasteiger partial charge in [-0.1, -0.05) is 56.3 Å². The van der Waals surface area contributed by atoms with E-state index in [0.717, 1.165) is 20.4 Å². The number of amides is 1. The van der Waals surface area contributed by atoms with Gasteiger partial charge in [-0.2, -0.15) is 0 Å². The van der Waals surface area contributed by atoms with Gasteiger partial charge in [0, 0.05) is 26.0 Å². The molecule has 0 bridgehead atoms. The predicted octanol–water partition coefficient (Wildman–Crippen LogP) is 6.11. The van der Waals surface area contributed by atoms with E-state index in [1.165, 1.54) is 12.1 Å². The fourth-order valence-electron chi connectivity index (χ4n) is 3.31. The van der Waals surface area contributed by atoms with Gasteiger partial charge in [-0.05, 0) is 52.2 Å². The number of aliphatic carboxylic acids is 1. The highest BCUT2D eigenvalue weighted by Gasteiger charge is 2.34. The summed E-state index contributed by atoms with van der Waals surface area (Å²) < 4.78 is 6.60. The first-order valence-electron chi connectivity index (χ1n) is 9.53. The summed E-state index contributed by atoms with van der Waals surface area (Å²) in [6, 6.07) is 18.1. The number of carboxylic acids is 1. The molecule has 0 fully saturated rings. The van der Waals surface area contributed by atoms with Crippen LogP contribution in [-0.2, 0) is 9.53 Å². The van der Waals surface area contributed by atoms with E-state index in [1.54, 1.807) is 32.0 Å². The number of ether oxygens (including phenoxy) is 1. The standard InChI is InChI=1S/C24H22INO5/c1-24(2,13-12-21(28)29)22(18-14-16(25)10-11-20(18)27)31-23(30)26-19-9-5-7-15-6-3-4-8-17(15)19/h3-14,22,27H,1-2H3,(H,26,30)(H,28,29)/b13-12+/t22-/m0/s1. The number of nitrogens with one attached hydrogen (secondary N) is 1. The molecule has 3 aromatic rings. The lowest BCUT2D eigenvalue weighted by Crippen LogP contribution is -2.28. The number of phenolic OH excluding ortho intramolecular Hbond substituents is 1. The van der Waals surface area contributed by atoms with Crippen molar-refractivity contribution in [3.05, 3.63) is 81.9 Å². The summed E-state index contributed by atoms with van der Waals surface area (Å²) in [5.74, 6) is -1.15. The van der Waals surface area contributed by atoms with Crippen LogP contribution in [0.15, 0.2) is 72.8 Å². The fraction of sp³-hybridized carbons (Fsp3) is 0.167. The number of halogens is 1. The topological polar surface area (TPSA) is 95.9 Å². The normalized spacial score (nSPS) is 12.6. The maximum Gasteiger partial charge on any atom is 0.412 e. The fourth-order valence-corrected chi connectivity index (χ4v) is 3.82. The first-order chi connectivity index (χ1) is 14.7. The number of carbonyl (C=O) groups is 2. The average Bonchev–Trinajstić information content (AvgIpc) is 2.73. The van der Waals surface area contributed by atoms with Crippen molar-refractivity contribution in [2.75, 3.05) is 5.32 Å². The van der Waals surface area contributed by atoms with E-state index in [0.29, 0.717) is 11.3 Å². The Labute approximate surface area is 193 Å². The number of carboxylic acid groups (broad SMARTS) is 1. The number of hydrogen-bond donors (Lipinski definition) is 3. The van der Waals surface area contributed by atoms with Gasteiger partial charge in [0.15, 0.2) is 0 Å². The highest BCUT2D eigenvalue weighted by atomic mass is 127. The summed E-state index contributed by atoms with van der Waals surface area (Å²) in [6.45, 7) is 3.48. The molecule has 6 nitrogen and oxygen atoms in total. The minimum absolute atomic E-state index is 0.0415. The molecular weight excluding hydrogens is 509 g/mol. The second-order valence-corrected chi connectivity index (χ2v) is 8.88. The maximum atomic E-state index is 12.9. The van der Waals surface area contributed by atoms with Crippen LogP contribution >= 0.6 is 22.6 Å². The zero-order chi connectivity index (χ0) is 22.6. The van der Waals surface area contributed by atoms with Crippen LogP contribution in [0.4, 0.5) is 10.5 Å². The van der Waals surface area contributed by atoms with Gasteiger partial charge in [0.25, 0.3) is 0 Å². The van der Waals surface area contributed by atoms with Crippen LogP contribution in [0.1, 0.15) is 25.5 Å². The van der Waals surface area contributed by atoms with Crippen molar-refractivity contribution < 1.29 is 24.5 Å². The lowest BCUT2D eigenvalue weighted by atomic mass is 9.81. The van der Waals surface area contributed by atoms with Crippen LogP contribution in [0.2, 0.25) is 0 Å². The van der Waals surface area contributed by atoms with Gasteiger partial charge in [0.05, 0.1) is 5.69 Å². The molecule has 0 saturated carbocycles. The van der Waals surface area contributed by atoms with Gasteiger partial charge in [0.1, 0.15) is 11.9 Å². The number of aromatic hydroxyl groups is 1. The van der Waals surface area contributed by atoms with E-state index in [1.807, 2.05) is 36.4 Å². The van der Waals surface area contributed by atoms with E-state index in [2.05, 4.69) is 27.9 Å². The molecule has 31 heavy (non-hydrogen) atoms. The second kappa shape index (κ2) is 9.38. The van der Waals surface area contributed by atoms with Crippen LogP contribution < -0.4 is 5.32 Å². The molecule has 0 aliphatic rings. The van der Waals surface area contributed by atoms with Gasteiger partial charge >= 0.3 is 12.1 Å². The molecule has 1 amide bonds. The number of fused-ring (bicyclic) bond motifs is 1. The monoisotopic (exact) mass is 531 g/mol. The molecule has 0 saturated heterocycles. The van der Waals surface area contributed by atoms with Gasteiger partial charge in [-0.25, -0.2) is 9.59 Å². The second-order valence-electron chi connectivity index (χ2n) is 7.63. The summed E-state index contributed by atoms with van der Waals surface area (Å²) >= 11 is 2.10.